The van der Waals surface area contributed by atoms with Gasteiger partial charge in [-0.1, -0.05) is 13.8 Å². The van der Waals surface area contributed by atoms with Crippen LogP contribution in [0.25, 0.3) is 0 Å². The highest BCUT2D eigenvalue weighted by Gasteiger charge is 2.20. The molecule has 0 aliphatic carbocycles. The van der Waals surface area contributed by atoms with Crippen molar-refractivity contribution in [3.8, 4) is 0 Å². The van der Waals surface area contributed by atoms with Crippen LogP contribution in [0.2, 0.25) is 0 Å². The summed E-state index contributed by atoms with van der Waals surface area (Å²) in [6, 6.07) is 0. The lowest BCUT2D eigenvalue weighted by Crippen LogP contribution is -2.35. The molecule has 1 heterocycles. The van der Waals surface area contributed by atoms with E-state index in [0.29, 0.717) is 0 Å². The van der Waals surface area contributed by atoms with Gasteiger partial charge in [-0.15, -0.1) is 0 Å². The number of aliphatic hydroxyl groups is 2. The van der Waals surface area contributed by atoms with Gasteiger partial charge in [0.05, 0.1) is 0 Å². The summed E-state index contributed by atoms with van der Waals surface area (Å²) in [5, 5.41) is 18.1. The van der Waals surface area contributed by atoms with Gasteiger partial charge in [0.15, 0.2) is 0 Å². The van der Waals surface area contributed by atoms with E-state index in [4.69, 9.17) is 10.2 Å². The van der Waals surface area contributed by atoms with Crippen LogP contribution in [0.5, 0.6) is 0 Å². The third kappa shape index (κ3) is 5.84. The third-order valence-electron chi connectivity index (χ3n) is 3.75. The van der Waals surface area contributed by atoms with Crippen molar-refractivity contribution in [2.75, 3.05) is 32.8 Å². The van der Waals surface area contributed by atoms with Crippen molar-refractivity contribution in [2.24, 2.45) is 11.8 Å². The second kappa shape index (κ2) is 8.06. The first-order valence-corrected chi connectivity index (χ1v) is 6.88. The predicted octanol–water partition coefficient (Wildman–Crippen LogP) is 1.69. The Morgan fingerprint density at radius 2 is 1.76 bits per heavy atom. The first-order valence-electron chi connectivity index (χ1n) is 6.88. The molecule has 1 fully saturated rings. The average molecular weight is 242 g/mol. The molecular weight excluding hydrogens is 214 g/mol. The van der Waals surface area contributed by atoms with Crippen molar-refractivity contribution in [3.63, 3.8) is 0 Å². The molecule has 1 aliphatic rings. The van der Waals surface area contributed by atoms with Gasteiger partial charge in [0.2, 0.25) is 0 Å². The van der Waals surface area contributed by atoms with Crippen molar-refractivity contribution in [1.29, 1.82) is 0 Å². The van der Waals surface area contributed by atoms with Gasteiger partial charge in [-0.05, 0) is 50.6 Å². The minimum Gasteiger partial charge on any atom is -0.396 e. The molecule has 0 atom stereocenters. The fourth-order valence-electron chi connectivity index (χ4n) is 2.59. The summed E-state index contributed by atoms with van der Waals surface area (Å²) in [5.74, 6) is 2.38. The maximum atomic E-state index is 9.03. The molecule has 0 saturated carbocycles. The zero-order chi connectivity index (χ0) is 12.7. The van der Waals surface area contributed by atoms with E-state index in [1.807, 2.05) is 0 Å². The number of aliphatic hydroxyl groups excluding tert-OH is 2. The summed E-state index contributed by atoms with van der Waals surface area (Å²) in [4.78, 5) is 2.53. The van der Waals surface area contributed by atoms with E-state index in [9.17, 15) is 0 Å². The Balaban J connectivity index is 2.14. The summed E-state index contributed by atoms with van der Waals surface area (Å²) in [7, 11) is 0. The smallest absolute Gasteiger partial charge is 0.0481 e. The minimum atomic E-state index is 0.0965. The summed E-state index contributed by atoms with van der Waals surface area (Å²) in [5.41, 5.74) is 0. The lowest BCUT2D eigenvalue weighted by atomic mass is 9.89. The quantitative estimate of drug-likeness (QED) is 0.714. The van der Waals surface area contributed by atoms with E-state index in [-0.39, 0.29) is 19.1 Å². The fraction of sp³-hybridized carbons (Fsp3) is 0.929. The largest absolute Gasteiger partial charge is 0.396 e. The van der Waals surface area contributed by atoms with E-state index in [1.165, 1.54) is 31.8 Å². The number of likely N-dealkylation sites (tertiary alicyclic amines) is 1. The van der Waals surface area contributed by atoms with Gasteiger partial charge in [-0.3, -0.25) is 0 Å². The Hall–Kier alpha value is -0.120. The monoisotopic (exact) mass is 242 g/mol. The average Bonchev–Trinajstić information content (AvgIpc) is 2.32. The summed E-state index contributed by atoms with van der Waals surface area (Å²) in [6.07, 6.45) is 4.68. The molecule has 0 aromatic rings. The molecule has 17 heavy (non-hydrogen) atoms. The van der Waals surface area contributed by atoms with Crippen molar-refractivity contribution >= 4 is 0 Å². The molecule has 0 bridgehead atoms. The fourth-order valence-corrected chi connectivity index (χ4v) is 2.59. The minimum absolute atomic E-state index is 0.0965. The second-order valence-electron chi connectivity index (χ2n) is 5.74. The topological polar surface area (TPSA) is 43.7 Å². The van der Waals surface area contributed by atoms with Gasteiger partial charge in [0, 0.05) is 25.7 Å². The lowest BCUT2D eigenvalue weighted by molar-refractivity contribution is 0.127. The van der Waals surface area contributed by atoms with Crippen LogP contribution in [0.1, 0.15) is 39.5 Å². The van der Waals surface area contributed by atoms with Crippen LogP contribution in [0, 0.1) is 17.8 Å². The SMILES string of the molecule is C[C](C)CN1CCC(CCC(CO)CO)CC1. The number of piperidine rings is 1. The van der Waals surface area contributed by atoms with Crippen molar-refractivity contribution in [2.45, 2.75) is 39.5 Å². The molecule has 101 valence electrons. The molecule has 3 heteroatoms. The van der Waals surface area contributed by atoms with Crippen molar-refractivity contribution < 1.29 is 10.2 Å². The molecule has 1 radical (unpaired) electrons. The molecule has 2 N–H and O–H groups in total. The Morgan fingerprint density at radius 3 is 2.24 bits per heavy atom. The number of hydrogen-bond donors (Lipinski definition) is 2. The van der Waals surface area contributed by atoms with Crippen molar-refractivity contribution in [1.82, 2.24) is 4.90 Å². The first-order chi connectivity index (χ1) is 8.15. The van der Waals surface area contributed by atoms with E-state index < -0.39 is 0 Å². The van der Waals surface area contributed by atoms with Gasteiger partial charge in [-0.2, -0.15) is 0 Å². The summed E-state index contributed by atoms with van der Waals surface area (Å²) in [6.45, 7) is 8.19. The van der Waals surface area contributed by atoms with E-state index in [2.05, 4.69) is 18.7 Å². The summed E-state index contributed by atoms with van der Waals surface area (Å²) < 4.78 is 0. The molecular formula is C14H28NO2. The zero-order valence-electron chi connectivity index (χ0n) is 11.4. The van der Waals surface area contributed by atoms with Crippen LogP contribution < -0.4 is 0 Å². The van der Waals surface area contributed by atoms with Gasteiger partial charge < -0.3 is 15.1 Å². The van der Waals surface area contributed by atoms with Crippen LogP contribution in [0.3, 0.4) is 0 Å². The Labute approximate surface area is 106 Å². The van der Waals surface area contributed by atoms with Crippen LogP contribution in [-0.4, -0.2) is 48.0 Å². The third-order valence-corrected chi connectivity index (χ3v) is 3.75. The zero-order valence-corrected chi connectivity index (χ0v) is 11.4. The molecule has 0 aromatic heterocycles. The molecule has 1 aliphatic heterocycles. The molecule has 0 amide bonds. The van der Waals surface area contributed by atoms with Crippen LogP contribution in [-0.2, 0) is 0 Å². The normalized spacial score (nSPS) is 19.4. The molecule has 0 aromatic carbocycles. The number of hydrogen-bond acceptors (Lipinski definition) is 3. The number of rotatable bonds is 7. The van der Waals surface area contributed by atoms with Gasteiger partial charge in [0.1, 0.15) is 0 Å². The highest BCUT2D eigenvalue weighted by Crippen LogP contribution is 2.24. The van der Waals surface area contributed by atoms with Gasteiger partial charge in [-0.25, -0.2) is 0 Å². The van der Waals surface area contributed by atoms with Gasteiger partial charge >= 0.3 is 0 Å². The molecule has 0 spiro atoms. The lowest BCUT2D eigenvalue weighted by Gasteiger charge is -2.33. The van der Waals surface area contributed by atoms with E-state index in [1.54, 1.807) is 0 Å². The van der Waals surface area contributed by atoms with Crippen LogP contribution in [0.4, 0.5) is 0 Å². The maximum absolute atomic E-state index is 9.03. The Bertz CT molecular complexity index is 185. The van der Waals surface area contributed by atoms with E-state index >= 15 is 0 Å². The summed E-state index contributed by atoms with van der Waals surface area (Å²) >= 11 is 0. The van der Waals surface area contributed by atoms with Gasteiger partial charge in [0.25, 0.3) is 0 Å². The molecule has 1 rings (SSSR count). The first kappa shape index (κ1) is 14.9. The number of nitrogens with zero attached hydrogens (tertiary/aromatic N) is 1. The molecule has 1 saturated heterocycles. The second-order valence-corrected chi connectivity index (χ2v) is 5.74. The van der Waals surface area contributed by atoms with Crippen LogP contribution >= 0.6 is 0 Å². The molecule has 0 unspecified atom stereocenters. The Morgan fingerprint density at radius 1 is 1.18 bits per heavy atom. The van der Waals surface area contributed by atoms with Crippen molar-refractivity contribution in [3.05, 3.63) is 5.92 Å². The van der Waals surface area contributed by atoms with E-state index in [0.717, 1.165) is 25.3 Å². The highest BCUT2D eigenvalue weighted by atomic mass is 16.3. The highest BCUT2D eigenvalue weighted by molar-refractivity contribution is 4.84. The van der Waals surface area contributed by atoms with Crippen LogP contribution in [0.15, 0.2) is 0 Å². The Kier molecular flexibility index (Phi) is 7.09. The standard InChI is InChI=1S/C14H28NO2/c1-12(2)9-15-7-5-13(6-8-15)3-4-14(10-16)11-17/h13-14,16-17H,3-11H2,1-2H3. The predicted molar refractivity (Wildman–Crippen MR) is 70.7 cm³/mol. The molecule has 3 nitrogen and oxygen atoms in total. The maximum Gasteiger partial charge on any atom is 0.0481 e.